The number of aliphatic imine (C=N–C) groups is 1. The van der Waals surface area contributed by atoms with Crippen LogP contribution < -0.4 is 15.4 Å². The van der Waals surface area contributed by atoms with Crippen molar-refractivity contribution in [1.82, 2.24) is 20.2 Å². The van der Waals surface area contributed by atoms with Gasteiger partial charge in [0.25, 0.3) is 5.91 Å². The van der Waals surface area contributed by atoms with Crippen molar-refractivity contribution in [2.45, 2.75) is 71.6 Å². The monoisotopic (exact) mass is 644 g/mol. The van der Waals surface area contributed by atoms with Crippen LogP contribution in [-0.2, 0) is 14.3 Å². The predicted octanol–water partition coefficient (Wildman–Crippen LogP) is 5.51. The molecular weight excluding hydrogens is 607 g/mol. The number of aromatic nitrogens is 2. The van der Waals surface area contributed by atoms with Gasteiger partial charge in [0.2, 0.25) is 0 Å². The Kier molecular flexibility index (Phi) is 12.0. The van der Waals surface area contributed by atoms with Gasteiger partial charge in [-0.3, -0.25) is 14.7 Å². The molecule has 0 spiro atoms. The Morgan fingerprint density at radius 1 is 1.22 bits per heavy atom. The minimum Gasteiger partial charge on any atom is -0.491 e. The number of carbonyl (C=O) groups is 3. The van der Waals surface area contributed by atoms with Crippen molar-refractivity contribution in [3.05, 3.63) is 64.7 Å². The fourth-order valence-electron chi connectivity index (χ4n) is 4.50. The third kappa shape index (κ3) is 9.24. The molecule has 1 fully saturated rings. The molecule has 3 heterocycles. The molecule has 1 aromatic heterocycles. The highest BCUT2D eigenvalue weighted by Crippen LogP contribution is 2.31. The first-order chi connectivity index (χ1) is 21.4. The zero-order valence-electron chi connectivity index (χ0n) is 26.1. The normalized spacial score (nSPS) is 19.6. The number of nitrogens with zero attached hydrogens (tertiary/aromatic N) is 4. The number of likely N-dealkylation sites (tertiary alicyclic amines) is 1. The summed E-state index contributed by atoms with van der Waals surface area (Å²) in [5.74, 6) is -1.81. The van der Waals surface area contributed by atoms with Gasteiger partial charge in [-0.2, -0.15) is 0 Å². The van der Waals surface area contributed by atoms with E-state index in [2.05, 4.69) is 25.6 Å². The average molecular weight is 645 g/mol. The number of nitrogens with one attached hydrogen (secondary N) is 2. The molecule has 3 N–H and O–H groups in total. The predicted molar refractivity (Wildman–Crippen MR) is 169 cm³/mol. The second-order valence-corrected chi connectivity index (χ2v) is 11.2. The van der Waals surface area contributed by atoms with Gasteiger partial charge in [-0.05, 0) is 32.9 Å². The van der Waals surface area contributed by atoms with E-state index in [1.807, 2.05) is 13.8 Å². The lowest BCUT2D eigenvalue weighted by Crippen LogP contribution is -2.44. The van der Waals surface area contributed by atoms with Crippen LogP contribution in [0.15, 0.2) is 63.8 Å². The summed E-state index contributed by atoms with van der Waals surface area (Å²) in [6, 6.07) is -1.85. The van der Waals surface area contributed by atoms with Crippen molar-refractivity contribution >= 4 is 47.2 Å². The number of rotatable bonds is 7. The number of amides is 2. The highest BCUT2D eigenvalue weighted by Gasteiger charge is 2.42. The van der Waals surface area contributed by atoms with Gasteiger partial charge in [-0.25, -0.2) is 23.9 Å². The Bertz CT molecular complexity index is 1490. The molecule has 45 heavy (non-hydrogen) atoms. The van der Waals surface area contributed by atoms with E-state index in [-0.39, 0.29) is 47.9 Å². The summed E-state index contributed by atoms with van der Waals surface area (Å²) in [4.78, 5) is 52.0. The van der Waals surface area contributed by atoms with Gasteiger partial charge in [0, 0.05) is 49.3 Å². The van der Waals surface area contributed by atoms with Gasteiger partial charge >= 0.3 is 12.1 Å². The van der Waals surface area contributed by atoms with Crippen LogP contribution in [0.25, 0.3) is 5.57 Å². The molecular formula is C31H38ClFN6O6. The van der Waals surface area contributed by atoms with E-state index in [0.29, 0.717) is 17.2 Å². The number of ether oxygens (including phenoxy) is 2. The number of hydrogen-bond donors (Lipinski definition) is 3. The van der Waals surface area contributed by atoms with E-state index in [4.69, 9.17) is 21.1 Å². The molecule has 1 saturated heterocycles. The van der Waals surface area contributed by atoms with Crippen molar-refractivity contribution in [3.8, 4) is 5.75 Å². The largest absolute Gasteiger partial charge is 0.491 e. The van der Waals surface area contributed by atoms with Crippen LogP contribution in [0, 0.1) is 0 Å². The van der Waals surface area contributed by atoms with E-state index in [1.54, 1.807) is 45.2 Å². The van der Waals surface area contributed by atoms with E-state index < -0.39 is 41.5 Å². The zero-order valence-corrected chi connectivity index (χ0v) is 26.8. The highest BCUT2D eigenvalue weighted by molar-refractivity contribution is 6.32. The molecule has 0 bridgehead atoms. The number of carboxylic acid groups (broad SMARTS) is 1. The second kappa shape index (κ2) is 15.5. The molecule has 14 heteroatoms. The Morgan fingerprint density at radius 3 is 2.62 bits per heavy atom. The summed E-state index contributed by atoms with van der Waals surface area (Å²) in [6.45, 7) is 8.98. The first-order valence-corrected chi connectivity index (χ1v) is 14.8. The van der Waals surface area contributed by atoms with Crippen LogP contribution >= 0.6 is 11.6 Å². The number of methoxy groups -OCH3 is 1. The summed E-state index contributed by atoms with van der Waals surface area (Å²) < 4.78 is 25.6. The molecule has 4 rings (SSSR count). The van der Waals surface area contributed by atoms with E-state index in [0.717, 1.165) is 4.90 Å². The fourth-order valence-corrected chi connectivity index (χ4v) is 4.70. The summed E-state index contributed by atoms with van der Waals surface area (Å²) in [5.41, 5.74) is -0.280. The third-order valence-corrected chi connectivity index (χ3v) is 6.67. The van der Waals surface area contributed by atoms with E-state index in [9.17, 15) is 23.9 Å². The number of hydrogen-bond acceptors (Lipinski definition) is 9. The summed E-state index contributed by atoms with van der Waals surface area (Å²) in [7, 11) is 1.42. The smallest absolute Gasteiger partial charge is 0.411 e. The van der Waals surface area contributed by atoms with Crippen molar-refractivity contribution in [3.63, 3.8) is 0 Å². The number of aliphatic carboxylic acids is 1. The van der Waals surface area contributed by atoms with Gasteiger partial charge in [-0.1, -0.05) is 37.6 Å². The minimum absolute atomic E-state index is 0.0158. The fraction of sp³-hybridized carbons (Fsp3) is 0.419. The first-order valence-electron chi connectivity index (χ1n) is 14.4. The Balaban J connectivity index is 0.00000271. The molecule has 1 aliphatic carbocycles. The van der Waals surface area contributed by atoms with Crippen LogP contribution in [0.2, 0.25) is 0 Å². The lowest BCUT2D eigenvalue weighted by atomic mass is 10.1. The molecule has 2 amide bonds. The molecule has 0 aromatic carbocycles. The maximum atomic E-state index is 14.8. The van der Waals surface area contributed by atoms with Gasteiger partial charge in [-0.15, -0.1) is 0 Å². The quantitative estimate of drug-likeness (QED) is 0.348. The SMILES string of the molecule is CC.COc1cnc(C2=C(F)CC=CC(Cl)=C2)nc1NC1=CCC=NC=C1C(=O)N[C@@H]1C[C@H](C(=O)O)N(C(=O)OC(C)(C)C)C1. The van der Waals surface area contributed by atoms with E-state index in [1.165, 1.54) is 25.6 Å². The molecule has 3 aliphatic rings. The number of halogens is 2. The van der Waals surface area contributed by atoms with Crippen LogP contribution in [0.4, 0.5) is 15.0 Å². The maximum absolute atomic E-state index is 14.8. The lowest BCUT2D eigenvalue weighted by molar-refractivity contribution is -0.142. The lowest BCUT2D eigenvalue weighted by Gasteiger charge is -2.26. The molecule has 1 aromatic rings. The molecule has 2 aliphatic heterocycles. The van der Waals surface area contributed by atoms with E-state index >= 15 is 0 Å². The molecule has 0 saturated carbocycles. The Morgan fingerprint density at radius 2 is 1.96 bits per heavy atom. The van der Waals surface area contributed by atoms with Gasteiger partial charge in [0.1, 0.15) is 17.5 Å². The standard InChI is InChI=1S/C29H32ClFN6O6.C2H6/c1-29(2,3)43-28(41)37-15-17(12-22(37)27(39)40)34-26(38)19-13-32-10-6-9-21(19)35-25-23(42-4)14-33-24(36-25)18-11-16(30)7-5-8-20(18)31;1-2/h5,7,9-11,13-14,17,22H,6,8,12,15H2,1-4H3,(H,34,38)(H,39,40)(H,33,35,36);1-2H3/t17-,22-;/m1./s1. The molecule has 0 unspecified atom stereocenters. The average Bonchev–Trinajstić information content (AvgIpc) is 3.16. The minimum atomic E-state index is -1.21. The van der Waals surface area contributed by atoms with Crippen molar-refractivity contribution in [2.24, 2.45) is 4.99 Å². The number of anilines is 1. The maximum Gasteiger partial charge on any atom is 0.411 e. The van der Waals surface area contributed by atoms with Crippen LogP contribution in [0.5, 0.6) is 5.75 Å². The summed E-state index contributed by atoms with van der Waals surface area (Å²) >= 11 is 6.15. The Labute approximate surface area is 266 Å². The molecule has 242 valence electrons. The summed E-state index contributed by atoms with van der Waals surface area (Å²) in [6.07, 6.45) is 10.2. The number of carboxylic acids is 1. The highest BCUT2D eigenvalue weighted by atomic mass is 35.5. The molecule has 0 radical (unpaired) electrons. The van der Waals surface area contributed by atoms with Gasteiger partial charge < -0.3 is 25.2 Å². The number of allylic oxidation sites excluding steroid dienone is 7. The summed E-state index contributed by atoms with van der Waals surface area (Å²) in [5, 5.41) is 15.9. The van der Waals surface area contributed by atoms with Gasteiger partial charge in [0.15, 0.2) is 17.4 Å². The van der Waals surface area contributed by atoms with Crippen molar-refractivity contribution in [2.75, 3.05) is 19.0 Å². The molecule has 2 atom stereocenters. The second-order valence-electron chi connectivity index (χ2n) is 10.8. The zero-order chi connectivity index (χ0) is 33.3. The van der Waals surface area contributed by atoms with Crippen molar-refractivity contribution < 1.29 is 33.4 Å². The van der Waals surface area contributed by atoms with Crippen LogP contribution in [0.1, 0.15) is 59.7 Å². The van der Waals surface area contributed by atoms with Crippen LogP contribution in [0.3, 0.4) is 0 Å². The van der Waals surface area contributed by atoms with Crippen molar-refractivity contribution in [1.29, 1.82) is 0 Å². The molecule has 12 nitrogen and oxygen atoms in total. The topological polar surface area (TPSA) is 155 Å². The Hall–Kier alpha value is -4.52. The van der Waals surface area contributed by atoms with Crippen LogP contribution in [-0.4, -0.2) is 75.5 Å². The van der Waals surface area contributed by atoms with Gasteiger partial charge in [0.05, 0.1) is 30.1 Å². The first kappa shape index (κ1) is 35.0. The number of carbonyl (C=O) groups excluding carboxylic acids is 2. The third-order valence-electron chi connectivity index (χ3n) is 6.44.